The van der Waals surface area contributed by atoms with Gasteiger partial charge in [0, 0.05) is 18.1 Å². The summed E-state index contributed by atoms with van der Waals surface area (Å²) < 4.78 is 2.00. The molecule has 3 rings (SSSR count). The Morgan fingerprint density at radius 2 is 2.12 bits per heavy atom. The van der Waals surface area contributed by atoms with E-state index in [1.807, 2.05) is 59.6 Å². The van der Waals surface area contributed by atoms with E-state index in [1.165, 1.54) is 0 Å². The Hall–Kier alpha value is -1.94. The van der Waals surface area contributed by atoms with Crippen molar-refractivity contribution in [3.05, 3.63) is 46.7 Å². The normalized spacial score (nSPS) is 11.6. The molecule has 0 bridgehead atoms. The molecule has 0 N–H and O–H groups in total. The molecule has 0 saturated carbocycles. The average molecular weight is 241 g/mol. The monoisotopic (exact) mass is 241 g/mol. The zero-order valence-corrected chi connectivity index (χ0v) is 10.2. The van der Waals surface area contributed by atoms with Crippen LogP contribution in [0.2, 0.25) is 0 Å². The third-order valence-corrected chi connectivity index (χ3v) is 3.42. The number of thiophene rings is 1. The zero-order chi connectivity index (χ0) is 11.7. The number of para-hydroxylation sites is 2. The van der Waals surface area contributed by atoms with E-state index in [9.17, 15) is 0 Å². The van der Waals surface area contributed by atoms with E-state index in [2.05, 4.69) is 9.98 Å². The number of hydrogen-bond donors (Lipinski definition) is 0. The number of fused-ring (bicyclic) bond motifs is 1. The quantitative estimate of drug-likeness (QED) is 0.632. The predicted molar refractivity (Wildman–Crippen MR) is 72.3 cm³/mol. The van der Waals surface area contributed by atoms with Crippen LogP contribution in [0.25, 0.3) is 11.0 Å². The molecule has 0 spiro atoms. The highest BCUT2D eigenvalue weighted by molar-refractivity contribution is 7.11. The number of imidazole rings is 1. The molecule has 0 atom stereocenters. The largest absolute Gasteiger partial charge is 0.311 e. The first-order valence-corrected chi connectivity index (χ1v) is 6.21. The molecule has 0 radical (unpaired) electrons. The van der Waals surface area contributed by atoms with Gasteiger partial charge < -0.3 is 4.57 Å². The van der Waals surface area contributed by atoms with E-state index in [4.69, 9.17) is 0 Å². The smallest absolute Gasteiger partial charge is 0.230 e. The topological polar surface area (TPSA) is 30.2 Å². The number of nitrogens with zero attached hydrogens (tertiary/aromatic N) is 3. The summed E-state index contributed by atoms with van der Waals surface area (Å²) >= 11 is 1.67. The van der Waals surface area contributed by atoms with Crippen LogP contribution in [0.3, 0.4) is 0 Å². The van der Waals surface area contributed by atoms with E-state index in [0.29, 0.717) is 0 Å². The molecular formula is C13H11N3S. The van der Waals surface area contributed by atoms with Gasteiger partial charge in [0.2, 0.25) is 5.95 Å². The fourth-order valence-corrected chi connectivity index (χ4v) is 2.32. The molecule has 1 aromatic carbocycles. The molecule has 2 heterocycles. The molecule has 0 unspecified atom stereocenters. The van der Waals surface area contributed by atoms with Gasteiger partial charge in [-0.3, -0.25) is 0 Å². The van der Waals surface area contributed by atoms with E-state index >= 15 is 0 Å². The maximum Gasteiger partial charge on any atom is 0.230 e. The minimum absolute atomic E-state index is 0.736. The third kappa shape index (κ3) is 1.87. The molecular weight excluding hydrogens is 230 g/mol. The van der Waals surface area contributed by atoms with Gasteiger partial charge in [0.05, 0.1) is 11.0 Å². The standard InChI is InChI=1S/C13H11N3S/c1-16-12-7-3-2-6-11(12)15-13(16)14-9-10-5-4-8-17-10/h2-9H,1H3/b14-9+. The van der Waals surface area contributed by atoms with Crippen molar-refractivity contribution < 1.29 is 0 Å². The molecule has 3 nitrogen and oxygen atoms in total. The number of rotatable bonds is 2. The number of aliphatic imine (C=N–C) groups is 1. The fourth-order valence-electron chi connectivity index (χ4n) is 1.73. The first kappa shape index (κ1) is 10.2. The molecule has 2 aromatic heterocycles. The summed E-state index contributed by atoms with van der Waals surface area (Å²) in [5, 5.41) is 2.04. The van der Waals surface area contributed by atoms with Crippen LogP contribution in [0.15, 0.2) is 46.8 Å². The van der Waals surface area contributed by atoms with E-state index in [-0.39, 0.29) is 0 Å². The summed E-state index contributed by atoms with van der Waals surface area (Å²) in [6.07, 6.45) is 1.85. The highest BCUT2D eigenvalue weighted by atomic mass is 32.1. The van der Waals surface area contributed by atoms with Gasteiger partial charge in [0.25, 0.3) is 0 Å². The van der Waals surface area contributed by atoms with Crippen molar-refractivity contribution >= 4 is 34.5 Å². The van der Waals surface area contributed by atoms with Crippen LogP contribution >= 0.6 is 11.3 Å². The number of hydrogen-bond acceptors (Lipinski definition) is 3. The lowest BCUT2D eigenvalue weighted by atomic mass is 10.3. The summed E-state index contributed by atoms with van der Waals surface area (Å²) in [6, 6.07) is 12.1. The van der Waals surface area contributed by atoms with E-state index in [1.54, 1.807) is 11.3 Å². The summed E-state index contributed by atoms with van der Waals surface area (Å²) in [4.78, 5) is 10.0. The van der Waals surface area contributed by atoms with Gasteiger partial charge in [0.1, 0.15) is 0 Å². The lowest BCUT2D eigenvalue weighted by Gasteiger charge is -1.95. The Kier molecular flexibility index (Phi) is 2.49. The summed E-state index contributed by atoms with van der Waals surface area (Å²) in [5.74, 6) is 0.736. The van der Waals surface area contributed by atoms with Crippen molar-refractivity contribution in [2.24, 2.45) is 12.0 Å². The van der Waals surface area contributed by atoms with Crippen molar-refractivity contribution in [1.82, 2.24) is 9.55 Å². The summed E-state index contributed by atoms with van der Waals surface area (Å²) in [7, 11) is 1.98. The molecule has 0 saturated heterocycles. The van der Waals surface area contributed by atoms with Crippen molar-refractivity contribution in [3.63, 3.8) is 0 Å². The Balaban J connectivity index is 2.03. The van der Waals surface area contributed by atoms with E-state index < -0.39 is 0 Å². The van der Waals surface area contributed by atoms with Gasteiger partial charge in [-0.15, -0.1) is 11.3 Å². The first-order chi connectivity index (χ1) is 8.34. The molecule has 3 aromatic rings. The Morgan fingerprint density at radius 3 is 2.88 bits per heavy atom. The number of benzene rings is 1. The summed E-state index contributed by atoms with van der Waals surface area (Å²) in [6.45, 7) is 0. The number of aromatic nitrogens is 2. The Labute approximate surface area is 103 Å². The van der Waals surface area contributed by atoms with Crippen molar-refractivity contribution in [3.8, 4) is 0 Å². The van der Waals surface area contributed by atoms with E-state index in [0.717, 1.165) is 21.9 Å². The maximum atomic E-state index is 4.48. The highest BCUT2D eigenvalue weighted by Gasteiger charge is 2.04. The lowest BCUT2D eigenvalue weighted by molar-refractivity contribution is 0.945. The van der Waals surface area contributed by atoms with Gasteiger partial charge in [-0.05, 0) is 23.6 Å². The number of aryl methyl sites for hydroxylation is 1. The van der Waals surface area contributed by atoms with Crippen LogP contribution < -0.4 is 0 Å². The Morgan fingerprint density at radius 1 is 1.24 bits per heavy atom. The molecule has 0 amide bonds. The summed E-state index contributed by atoms with van der Waals surface area (Å²) in [5.41, 5.74) is 2.08. The molecule has 0 fully saturated rings. The van der Waals surface area contributed by atoms with Crippen molar-refractivity contribution in [2.45, 2.75) is 0 Å². The van der Waals surface area contributed by atoms with Crippen LogP contribution in [0, 0.1) is 0 Å². The molecule has 17 heavy (non-hydrogen) atoms. The van der Waals surface area contributed by atoms with Gasteiger partial charge in [-0.1, -0.05) is 18.2 Å². The minimum atomic E-state index is 0.736. The maximum absolute atomic E-state index is 4.48. The second kappa shape index (κ2) is 4.14. The SMILES string of the molecule is Cn1c(/N=C/c2cccs2)nc2ccccc21. The zero-order valence-electron chi connectivity index (χ0n) is 9.37. The van der Waals surface area contributed by atoms with Crippen molar-refractivity contribution in [2.75, 3.05) is 0 Å². The van der Waals surface area contributed by atoms with Crippen molar-refractivity contribution in [1.29, 1.82) is 0 Å². The van der Waals surface area contributed by atoms with Gasteiger partial charge in [-0.25, -0.2) is 9.98 Å². The van der Waals surface area contributed by atoms with Gasteiger partial charge in [0.15, 0.2) is 0 Å². The minimum Gasteiger partial charge on any atom is -0.311 e. The molecule has 0 aliphatic rings. The highest BCUT2D eigenvalue weighted by Crippen LogP contribution is 2.19. The lowest BCUT2D eigenvalue weighted by Crippen LogP contribution is -1.86. The molecule has 4 heteroatoms. The van der Waals surface area contributed by atoms with Crippen LogP contribution in [0.4, 0.5) is 5.95 Å². The predicted octanol–water partition coefficient (Wildman–Crippen LogP) is 3.39. The second-order valence-corrected chi connectivity index (χ2v) is 4.71. The van der Waals surface area contributed by atoms with Crippen LogP contribution in [0.1, 0.15) is 4.88 Å². The third-order valence-electron chi connectivity index (χ3n) is 2.61. The average Bonchev–Trinajstić information content (AvgIpc) is 2.96. The first-order valence-electron chi connectivity index (χ1n) is 5.33. The second-order valence-electron chi connectivity index (χ2n) is 3.73. The Bertz CT molecular complexity index is 665. The molecule has 0 aliphatic heterocycles. The van der Waals surface area contributed by atoms with Crippen LogP contribution in [-0.4, -0.2) is 15.8 Å². The molecule has 84 valence electrons. The van der Waals surface area contributed by atoms with Crippen LogP contribution in [-0.2, 0) is 7.05 Å². The fraction of sp³-hybridized carbons (Fsp3) is 0.0769. The van der Waals surface area contributed by atoms with Gasteiger partial charge in [-0.2, -0.15) is 0 Å². The van der Waals surface area contributed by atoms with Crippen LogP contribution in [0.5, 0.6) is 0 Å². The molecule has 0 aliphatic carbocycles. The van der Waals surface area contributed by atoms with Gasteiger partial charge >= 0.3 is 0 Å².